The van der Waals surface area contributed by atoms with Gasteiger partial charge in [0.2, 0.25) is 0 Å². The molecule has 26 heavy (non-hydrogen) atoms. The maximum atomic E-state index is 12.8. The molecule has 0 aromatic heterocycles. The normalized spacial score (nSPS) is 15.4. The molecule has 1 heterocycles. The van der Waals surface area contributed by atoms with Crippen LogP contribution >= 0.6 is 22.6 Å². The van der Waals surface area contributed by atoms with Crippen LogP contribution < -0.4 is 14.5 Å². The highest BCUT2D eigenvalue weighted by molar-refractivity contribution is 14.1. The van der Waals surface area contributed by atoms with Gasteiger partial charge in [0, 0.05) is 0 Å². The summed E-state index contributed by atoms with van der Waals surface area (Å²) in [6.07, 6.45) is 1.84. The number of nitrogens with zero attached hydrogens (tertiary/aromatic N) is 2. The summed E-state index contributed by atoms with van der Waals surface area (Å²) in [5.41, 5.74) is 2.87. The summed E-state index contributed by atoms with van der Waals surface area (Å²) in [5, 5.41) is 5.84. The molecule has 5 nitrogen and oxygen atoms in total. The van der Waals surface area contributed by atoms with Crippen molar-refractivity contribution in [3.05, 3.63) is 57.2 Å². The first kappa shape index (κ1) is 18.4. The predicted octanol–water partition coefficient (Wildman–Crippen LogP) is 4.50. The monoisotopic (exact) mass is 462 g/mol. The smallest absolute Gasteiger partial charge is 0.280 e. The molecule has 0 fully saturated rings. The Bertz CT molecular complexity index is 891. The summed E-state index contributed by atoms with van der Waals surface area (Å²) in [6.45, 7) is 4.30. The van der Waals surface area contributed by atoms with Crippen LogP contribution in [0.5, 0.6) is 11.5 Å². The lowest BCUT2D eigenvalue weighted by Gasteiger charge is -2.13. The summed E-state index contributed by atoms with van der Waals surface area (Å²) < 4.78 is 12.0. The molecule has 3 rings (SSSR count). The maximum absolute atomic E-state index is 12.8. The maximum Gasteiger partial charge on any atom is 0.280 e. The number of hydrogen-bond donors (Lipinski definition) is 0. The summed E-state index contributed by atoms with van der Waals surface area (Å²) >= 11 is 2.20. The minimum atomic E-state index is -0.141. The quantitative estimate of drug-likeness (QED) is 0.486. The van der Waals surface area contributed by atoms with E-state index in [0.717, 1.165) is 14.8 Å². The second kappa shape index (κ2) is 7.90. The first-order valence-corrected chi connectivity index (χ1v) is 9.30. The lowest BCUT2D eigenvalue weighted by atomic mass is 10.1. The molecule has 0 radical (unpaired) electrons. The number of carbonyl (C=O) groups excluding carboxylic acids is 1. The SMILES string of the molecule is CCOc1cc(/C=C2/C(=O)N(c3ccccc3)N=C2C)cc(I)c1OC. The fourth-order valence-corrected chi connectivity index (χ4v) is 3.57. The number of rotatable bonds is 5. The average molecular weight is 462 g/mol. The van der Waals surface area contributed by atoms with Gasteiger partial charge in [-0.2, -0.15) is 10.1 Å². The Morgan fingerprint density at radius 1 is 1.23 bits per heavy atom. The molecule has 0 saturated heterocycles. The highest BCUT2D eigenvalue weighted by Gasteiger charge is 2.28. The van der Waals surface area contributed by atoms with Gasteiger partial charge in [-0.15, -0.1) is 0 Å². The van der Waals surface area contributed by atoms with Gasteiger partial charge in [0.1, 0.15) is 0 Å². The molecule has 0 N–H and O–H groups in total. The third-order valence-corrected chi connectivity index (χ3v) is 4.71. The second-order valence-corrected chi connectivity index (χ2v) is 6.83. The number of amides is 1. The number of hydrazone groups is 1. The first-order chi connectivity index (χ1) is 12.5. The third-order valence-electron chi connectivity index (χ3n) is 3.91. The minimum absolute atomic E-state index is 0.141. The predicted molar refractivity (Wildman–Crippen MR) is 112 cm³/mol. The molecule has 2 aromatic carbocycles. The van der Waals surface area contributed by atoms with Crippen molar-refractivity contribution in [2.24, 2.45) is 5.10 Å². The topological polar surface area (TPSA) is 51.1 Å². The lowest BCUT2D eigenvalue weighted by molar-refractivity contribution is -0.114. The largest absolute Gasteiger partial charge is 0.492 e. The lowest BCUT2D eigenvalue weighted by Crippen LogP contribution is -2.21. The Morgan fingerprint density at radius 3 is 2.62 bits per heavy atom. The number of ether oxygens (including phenoxy) is 2. The zero-order valence-electron chi connectivity index (χ0n) is 14.8. The summed E-state index contributed by atoms with van der Waals surface area (Å²) in [6, 6.07) is 13.2. The van der Waals surface area contributed by atoms with Gasteiger partial charge in [0.05, 0.1) is 34.3 Å². The minimum Gasteiger partial charge on any atom is -0.492 e. The number of benzene rings is 2. The van der Waals surface area contributed by atoms with E-state index < -0.39 is 0 Å². The van der Waals surface area contributed by atoms with Crippen LogP contribution in [0.1, 0.15) is 19.4 Å². The van der Waals surface area contributed by atoms with Gasteiger partial charge in [0.25, 0.3) is 5.91 Å². The van der Waals surface area contributed by atoms with Crippen LogP contribution in [0.25, 0.3) is 6.08 Å². The van der Waals surface area contributed by atoms with Crippen LogP contribution in [0, 0.1) is 3.57 Å². The number of para-hydroxylation sites is 1. The van der Waals surface area contributed by atoms with E-state index in [1.54, 1.807) is 7.11 Å². The zero-order valence-corrected chi connectivity index (χ0v) is 17.0. The van der Waals surface area contributed by atoms with Gasteiger partial charge < -0.3 is 9.47 Å². The zero-order chi connectivity index (χ0) is 18.7. The molecule has 0 bridgehead atoms. The van der Waals surface area contributed by atoms with Gasteiger partial charge in [-0.3, -0.25) is 4.79 Å². The van der Waals surface area contributed by atoms with E-state index >= 15 is 0 Å². The number of anilines is 1. The summed E-state index contributed by atoms with van der Waals surface area (Å²) in [4.78, 5) is 12.8. The summed E-state index contributed by atoms with van der Waals surface area (Å²) in [5.74, 6) is 1.22. The molecule has 2 aromatic rings. The van der Waals surface area contributed by atoms with Crippen LogP contribution in [-0.2, 0) is 4.79 Å². The van der Waals surface area contributed by atoms with Crippen molar-refractivity contribution in [1.82, 2.24) is 0 Å². The molecule has 1 aliphatic heterocycles. The van der Waals surface area contributed by atoms with E-state index in [1.807, 2.05) is 62.4 Å². The Kier molecular flexibility index (Phi) is 5.61. The fraction of sp³-hybridized carbons (Fsp3) is 0.200. The Morgan fingerprint density at radius 2 is 1.96 bits per heavy atom. The second-order valence-electron chi connectivity index (χ2n) is 5.66. The number of methoxy groups -OCH3 is 1. The van der Waals surface area contributed by atoms with E-state index in [1.165, 1.54) is 5.01 Å². The van der Waals surface area contributed by atoms with Crippen molar-refractivity contribution in [1.29, 1.82) is 0 Å². The average Bonchev–Trinajstić information content (AvgIpc) is 2.91. The fourth-order valence-electron chi connectivity index (χ4n) is 2.73. The van der Waals surface area contributed by atoms with Gasteiger partial charge in [-0.05, 0) is 72.3 Å². The molecule has 134 valence electrons. The van der Waals surface area contributed by atoms with Crippen molar-refractivity contribution < 1.29 is 14.3 Å². The van der Waals surface area contributed by atoms with Crippen LogP contribution in [0.3, 0.4) is 0 Å². The summed E-state index contributed by atoms with van der Waals surface area (Å²) in [7, 11) is 1.62. The highest BCUT2D eigenvalue weighted by Crippen LogP contribution is 2.35. The van der Waals surface area contributed by atoms with Crippen LogP contribution in [-0.4, -0.2) is 25.3 Å². The van der Waals surface area contributed by atoms with Gasteiger partial charge >= 0.3 is 0 Å². The van der Waals surface area contributed by atoms with Gasteiger partial charge in [-0.1, -0.05) is 18.2 Å². The van der Waals surface area contributed by atoms with Crippen LogP contribution in [0.4, 0.5) is 5.69 Å². The van der Waals surface area contributed by atoms with E-state index in [0.29, 0.717) is 29.4 Å². The molecular weight excluding hydrogens is 443 g/mol. The number of carbonyl (C=O) groups is 1. The molecule has 6 heteroatoms. The van der Waals surface area contributed by atoms with Crippen molar-refractivity contribution in [2.75, 3.05) is 18.7 Å². The van der Waals surface area contributed by atoms with Gasteiger partial charge in [-0.25, -0.2) is 0 Å². The standard InChI is InChI=1S/C20H19IN2O3/c1-4-26-18-12-14(11-17(21)19(18)25-3)10-16-13(2)22-23(20(16)24)15-8-6-5-7-9-15/h5-12H,4H2,1-3H3/b16-10+. The molecule has 0 atom stereocenters. The van der Waals surface area contributed by atoms with E-state index in [-0.39, 0.29) is 5.91 Å². The number of hydrogen-bond acceptors (Lipinski definition) is 4. The van der Waals surface area contributed by atoms with Crippen LogP contribution in [0.15, 0.2) is 53.1 Å². The van der Waals surface area contributed by atoms with Crippen molar-refractivity contribution in [3.8, 4) is 11.5 Å². The molecular formula is C20H19IN2O3. The Balaban J connectivity index is 1.98. The Hall–Kier alpha value is -2.35. The van der Waals surface area contributed by atoms with Crippen molar-refractivity contribution in [3.63, 3.8) is 0 Å². The van der Waals surface area contributed by atoms with E-state index in [4.69, 9.17) is 9.47 Å². The Labute approximate surface area is 166 Å². The van der Waals surface area contributed by atoms with Crippen molar-refractivity contribution >= 4 is 46.0 Å². The van der Waals surface area contributed by atoms with E-state index in [2.05, 4.69) is 27.7 Å². The molecule has 0 unspecified atom stereocenters. The third kappa shape index (κ3) is 3.60. The van der Waals surface area contributed by atoms with Crippen LogP contribution in [0.2, 0.25) is 0 Å². The number of halogens is 1. The molecule has 1 aliphatic rings. The molecule has 0 saturated carbocycles. The highest BCUT2D eigenvalue weighted by atomic mass is 127. The van der Waals surface area contributed by atoms with E-state index in [9.17, 15) is 4.79 Å². The molecule has 0 aliphatic carbocycles. The molecule has 0 spiro atoms. The van der Waals surface area contributed by atoms with Crippen molar-refractivity contribution in [2.45, 2.75) is 13.8 Å². The first-order valence-electron chi connectivity index (χ1n) is 8.22. The molecule has 1 amide bonds. The van der Waals surface area contributed by atoms with Gasteiger partial charge in [0.15, 0.2) is 11.5 Å².